The Kier molecular flexibility index (Phi) is 3.12. The lowest BCUT2D eigenvalue weighted by molar-refractivity contribution is -0.0924. The van der Waals surface area contributed by atoms with Crippen molar-refractivity contribution in [2.24, 2.45) is 5.73 Å². The molecule has 3 rings (SSSR count). The highest BCUT2D eigenvalue weighted by atomic mass is 16.5. The molecule has 0 aliphatic heterocycles. The Morgan fingerprint density at radius 3 is 2.58 bits per heavy atom. The number of hydrogen-bond donors (Lipinski definition) is 1. The maximum Gasteiger partial charge on any atom is 0.0885 e. The minimum absolute atomic E-state index is 0.144. The predicted octanol–water partition coefficient (Wildman–Crippen LogP) is 2.44. The van der Waals surface area contributed by atoms with Gasteiger partial charge in [0.15, 0.2) is 0 Å². The Labute approximate surface area is 113 Å². The molecule has 1 saturated carbocycles. The van der Waals surface area contributed by atoms with Gasteiger partial charge in [-0.1, -0.05) is 18.2 Å². The molecule has 1 aromatic carbocycles. The lowest BCUT2D eigenvalue weighted by Crippen LogP contribution is -2.49. The van der Waals surface area contributed by atoms with Gasteiger partial charge in [0.25, 0.3) is 0 Å². The van der Waals surface area contributed by atoms with Crippen LogP contribution in [0.1, 0.15) is 31.0 Å². The van der Waals surface area contributed by atoms with Crippen LogP contribution in [-0.4, -0.2) is 22.5 Å². The fourth-order valence-corrected chi connectivity index (χ4v) is 2.77. The van der Waals surface area contributed by atoms with Gasteiger partial charge in [-0.3, -0.25) is 0 Å². The zero-order valence-electron chi connectivity index (χ0n) is 11.1. The molecular formula is C15H19N3O. The SMILES string of the molecule is COC1(C(N)c2ccnn2-c2ccccc2)CCC1. The molecule has 1 aliphatic rings. The predicted molar refractivity (Wildman–Crippen MR) is 74.1 cm³/mol. The van der Waals surface area contributed by atoms with Crippen LogP contribution < -0.4 is 5.73 Å². The van der Waals surface area contributed by atoms with Gasteiger partial charge in [-0.05, 0) is 37.5 Å². The molecule has 0 bridgehead atoms. The van der Waals surface area contributed by atoms with Gasteiger partial charge in [0.1, 0.15) is 0 Å². The van der Waals surface area contributed by atoms with Crippen LogP contribution >= 0.6 is 0 Å². The maximum atomic E-state index is 6.44. The number of rotatable bonds is 4. The molecule has 4 heteroatoms. The van der Waals surface area contributed by atoms with E-state index < -0.39 is 0 Å². The normalized spacial score (nSPS) is 18.8. The number of hydrogen-bond acceptors (Lipinski definition) is 3. The lowest BCUT2D eigenvalue weighted by atomic mass is 9.73. The molecule has 0 spiro atoms. The average Bonchev–Trinajstić information content (AvgIpc) is 2.88. The molecule has 1 unspecified atom stereocenters. The minimum atomic E-state index is -0.216. The molecule has 0 radical (unpaired) electrons. The number of nitrogens with zero attached hydrogens (tertiary/aromatic N) is 2. The van der Waals surface area contributed by atoms with E-state index in [1.54, 1.807) is 13.3 Å². The third-order valence-corrected chi connectivity index (χ3v) is 4.16. The molecular weight excluding hydrogens is 238 g/mol. The van der Waals surface area contributed by atoms with Crippen LogP contribution in [0.25, 0.3) is 5.69 Å². The summed E-state index contributed by atoms with van der Waals surface area (Å²) in [5.74, 6) is 0. The Bertz CT molecular complexity index is 540. The first-order valence-corrected chi connectivity index (χ1v) is 6.67. The van der Waals surface area contributed by atoms with Crippen molar-refractivity contribution in [3.8, 4) is 5.69 Å². The first-order chi connectivity index (χ1) is 9.27. The number of ether oxygens (including phenoxy) is 1. The zero-order chi connectivity index (χ0) is 13.3. The summed E-state index contributed by atoms with van der Waals surface area (Å²) in [6.07, 6.45) is 5.01. The van der Waals surface area contributed by atoms with Crippen molar-refractivity contribution in [3.63, 3.8) is 0 Å². The quantitative estimate of drug-likeness (QED) is 0.915. The molecule has 19 heavy (non-hydrogen) atoms. The van der Waals surface area contributed by atoms with Crippen molar-refractivity contribution in [2.75, 3.05) is 7.11 Å². The van der Waals surface area contributed by atoms with E-state index in [1.165, 1.54) is 6.42 Å². The summed E-state index contributed by atoms with van der Waals surface area (Å²) in [6.45, 7) is 0. The number of methoxy groups -OCH3 is 1. The van der Waals surface area contributed by atoms with E-state index in [0.29, 0.717) is 0 Å². The molecule has 1 fully saturated rings. The molecule has 4 nitrogen and oxygen atoms in total. The van der Waals surface area contributed by atoms with E-state index in [-0.39, 0.29) is 11.6 Å². The fourth-order valence-electron chi connectivity index (χ4n) is 2.77. The van der Waals surface area contributed by atoms with Crippen molar-refractivity contribution in [3.05, 3.63) is 48.3 Å². The summed E-state index contributed by atoms with van der Waals surface area (Å²) in [7, 11) is 1.75. The summed E-state index contributed by atoms with van der Waals surface area (Å²) < 4.78 is 7.59. The van der Waals surface area contributed by atoms with Gasteiger partial charge in [-0.25, -0.2) is 4.68 Å². The Morgan fingerprint density at radius 2 is 2.00 bits per heavy atom. The van der Waals surface area contributed by atoms with Crippen LogP contribution in [0.5, 0.6) is 0 Å². The topological polar surface area (TPSA) is 53.1 Å². The highest BCUT2D eigenvalue weighted by Gasteiger charge is 2.44. The highest BCUT2D eigenvalue weighted by molar-refractivity contribution is 5.34. The first-order valence-electron chi connectivity index (χ1n) is 6.67. The second-order valence-electron chi connectivity index (χ2n) is 5.10. The molecule has 0 saturated heterocycles. The Morgan fingerprint density at radius 1 is 1.26 bits per heavy atom. The summed E-state index contributed by atoms with van der Waals surface area (Å²) in [4.78, 5) is 0. The number of aromatic nitrogens is 2. The monoisotopic (exact) mass is 257 g/mol. The second kappa shape index (κ2) is 4.79. The van der Waals surface area contributed by atoms with Crippen LogP contribution in [0, 0.1) is 0 Å². The van der Waals surface area contributed by atoms with Crippen LogP contribution in [0.3, 0.4) is 0 Å². The van der Waals surface area contributed by atoms with Crippen molar-refractivity contribution < 1.29 is 4.74 Å². The lowest BCUT2D eigenvalue weighted by Gasteiger charge is -2.44. The van der Waals surface area contributed by atoms with Gasteiger partial charge in [0.05, 0.1) is 23.0 Å². The summed E-state index contributed by atoms with van der Waals surface area (Å²) in [5.41, 5.74) is 8.27. The number of para-hydroxylation sites is 1. The smallest absolute Gasteiger partial charge is 0.0885 e. The van der Waals surface area contributed by atoms with Crippen LogP contribution in [0.4, 0.5) is 0 Å². The zero-order valence-corrected chi connectivity index (χ0v) is 11.1. The van der Waals surface area contributed by atoms with Gasteiger partial charge >= 0.3 is 0 Å². The second-order valence-corrected chi connectivity index (χ2v) is 5.10. The molecule has 2 aromatic rings. The summed E-state index contributed by atoms with van der Waals surface area (Å²) in [6, 6.07) is 11.9. The molecule has 1 aliphatic carbocycles. The van der Waals surface area contributed by atoms with Gasteiger partial charge < -0.3 is 10.5 Å². The Balaban J connectivity index is 1.96. The van der Waals surface area contributed by atoms with Crippen LogP contribution in [-0.2, 0) is 4.74 Å². The van der Waals surface area contributed by atoms with Gasteiger partial charge in [-0.2, -0.15) is 5.10 Å². The third kappa shape index (κ3) is 1.97. The van der Waals surface area contributed by atoms with Crippen molar-refractivity contribution in [2.45, 2.75) is 30.9 Å². The van der Waals surface area contributed by atoms with E-state index in [9.17, 15) is 0 Å². The third-order valence-electron chi connectivity index (χ3n) is 4.16. The van der Waals surface area contributed by atoms with Gasteiger partial charge in [-0.15, -0.1) is 0 Å². The standard InChI is InChI=1S/C15H19N3O/c1-19-15(9-5-10-15)14(16)13-8-11-17-18(13)12-6-3-2-4-7-12/h2-4,6-8,11,14H,5,9-10,16H2,1H3. The van der Waals surface area contributed by atoms with E-state index in [0.717, 1.165) is 24.2 Å². The fraction of sp³-hybridized carbons (Fsp3) is 0.400. The maximum absolute atomic E-state index is 6.44. The minimum Gasteiger partial charge on any atom is -0.376 e. The van der Waals surface area contributed by atoms with E-state index in [1.807, 2.05) is 41.1 Å². The Hall–Kier alpha value is -1.65. The average molecular weight is 257 g/mol. The molecule has 0 amide bonds. The molecule has 1 heterocycles. The summed E-state index contributed by atoms with van der Waals surface area (Å²) >= 11 is 0. The van der Waals surface area contributed by atoms with E-state index in [4.69, 9.17) is 10.5 Å². The molecule has 1 aromatic heterocycles. The van der Waals surface area contributed by atoms with E-state index >= 15 is 0 Å². The van der Waals surface area contributed by atoms with Gasteiger partial charge in [0, 0.05) is 13.3 Å². The molecule has 1 atom stereocenters. The number of benzene rings is 1. The van der Waals surface area contributed by atoms with E-state index in [2.05, 4.69) is 5.10 Å². The van der Waals surface area contributed by atoms with Gasteiger partial charge in [0.2, 0.25) is 0 Å². The molecule has 100 valence electrons. The van der Waals surface area contributed by atoms with Crippen LogP contribution in [0.2, 0.25) is 0 Å². The van der Waals surface area contributed by atoms with Crippen LogP contribution in [0.15, 0.2) is 42.6 Å². The van der Waals surface area contributed by atoms with Crippen molar-refractivity contribution in [1.29, 1.82) is 0 Å². The summed E-state index contributed by atoms with van der Waals surface area (Å²) in [5, 5.41) is 4.39. The molecule has 2 N–H and O–H groups in total. The largest absolute Gasteiger partial charge is 0.376 e. The number of nitrogens with two attached hydrogens (primary N) is 1. The van der Waals surface area contributed by atoms with Crippen molar-refractivity contribution in [1.82, 2.24) is 9.78 Å². The first kappa shape index (κ1) is 12.4. The van der Waals surface area contributed by atoms with Crippen molar-refractivity contribution >= 4 is 0 Å². The highest BCUT2D eigenvalue weighted by Crippen LogP contribution is 2.43.